The van der Waals surface area contributed by atoms with E-state index in [0.717, 1.165) is 0 Å². The molecule has 1 aromatic heterocycles. The zero-order valence-electron chi connectivity index (χ0n) is 9.26. The molecule has 0 unspecified atom stereocenters. The van der Waals surface area contributed by atoms with Crippen molar-refractivity contribution in [3.05, 3.63) is 18.5 Å². The lowest BCUT2D eigenvalue weighted by molar-refractivity contribution is 0.0547. The van der Waals surface area contributed by atoms with Gasteiger partial charge in [0, 0.05) is 25.5 Å². The van der Waals surface area contributed by atoms with Crippen LogP contribution in [-0.4, -0.2) is 49.5 Å². The quantitative estimate of drug-likeness (QED) is 0.571. The highest BCUT2D eigenvalue weighted by Crippen LogP contribution is 1.92. The van der Waals surface area contributed by atoms with E-state index in [4.69, 9.17) is 15.2 Å². The van der Waals surface area contributed by atoms with Crippen LogP contribution in [0.15, 0.2) is 18.5 Å². The second-order valence-electron chi connectivity index (χ2n) is 3.01. The summed E-state index contributed by atoms with van der Waals surface area (Å²) in [4.78, 5) is 8.04. The molecule has 1 rings (SSSR count). The van der Waals surface area contributed by atoms with Gasteiger partial charge < -0.3 is 20.5 Å². The predicted molar refractivity (Wildman–Crippen MR) is 61.2 cm³/mol. The average Bonchev–Trinajstić information content (AvgIpc) is 2.34. The second-order valence-corrected chi connectivity index (χ2v) is 3.01. The van der Waals surface area contributed by atoms with Crippen LogP contribution in [0.25, 0.3) is 0 Å². The molecule has 16 heavy (non-hydrogen) atoms. The molecule has 0 amide bonds. The Bertz CT molecular complexity index is 258. The Morgan fingerprint density at radius 2 is 1.75 bits per heavy atom. The molecule has 0 radical (unpaired) electrons. The normalized spacial score (nSPS) is 10.3. The van der Waals surface area contributed by atoms with Crippen molar-refractivity contribution in [3.8, 4) is 0 Å². The average molecular weight is 226 g/mol. The highest BCUT2D eigenvalue weighted by molar-refractivity contribution is 5.21. The first-order chi connectivity index (χ1) is 7.93. The summed E-state index contributed by atoms with van der Waals surface area (Å²) in [7, 11) is 0. The lowest BCUT2D eigenvalue weighted by Crippen LogP contribution is -2.15. The van der Waals surface area contributed by atoms with Crippen molar-refractivity contribution in [2.45, 2.75) is 0 Å². The van der Waals surface area contributed by atoms with Gasteiger partial charge in [-0.15, -0.1) is 0 Å². The third-order valence-corrected chi connectivity index (χ3v) is 1.73. The van der Waals surface area contributed by atoms with E-state index >= 15 is 0 Å². The van der Waals surface area contributed by atoms with Crippen LogP contribution in [0.3, 0.4) is 0 Å². The number of rotatable bonds is 9. The van der Waals surface area contributed by atoms with E-state index in [1.165, 1.54) is 0 Å². The van der Waals surface area contributed by atoms with E-state index in [-0.39, 0.29) is 0 Å². The highest BCUT2D eigenvalue weighted by atomic mass is 16.5. The van der Waals surface area contributed by atoms with Crippen LogP contribution in [0.5, 0.6) is 0 Å². The van der Waals surface area contributed by atoms with Gasteiger partial charge >= 0.3 is 0 Å². The summed E-state index contributed by atoms with van der Waals surface area (Å²) < 4.78 is 10.5. The van der Waals surface area contributed by atoms with E-state index < -0.39 is 0 Å². The maximum Gasteiger partial charge on any atom is 0.222 e. The van der Waals surface area contributed by atoms with Gasteiger partial charge in [0.15, 0.2) is 0 Å². The van der Waals surface area contributed by atoms with Crippen molar-refractivity contribution in [1.82, 2.24) is 9.97 Å². The molecule has 0 aliphatic rings. The smallest absolute Gasteiger partial charge is 0.222 e. The van der Waals surface area contributed by atoms with Crippen molar-refractivity contribution in [2.75, 3.05) is 44.8 Å². The molecule has 1 heterocycles. The molecule has 0 saturated carbocycles. The number of aromatic nitrogens is 2. The van der Waals surface area contributed by atoms with Gasteiger partial charge in [-0.25, -0.2) is 9.97 Å². The summed E-state index contributed by atoms with van der Waals surface area (Å²) in [5.74, 6) is 0.616. The van der Waals surface area contributed by atoms with E-state index in [0.29, 0.717) is 45.5 Å². The Balaban J connectivity index is 1.89. The molecule has 0 aromatic carbocycles. The van der Waals surface area contributed by atoms with Crippen molar-refractivity contribution in [1.29, 1.82) is 0 Å². The molecule has 0 bridgehead atoms. The number of nitrogens with one attached hydrogen (secondary N) is 1. The van der Waals surface area contributed by atoms with Crippen LogP contribution in [0.2, 0.25) is 0 Å². The Morgan fingerprint density at radius 3 is 2.44 bits per heavy atom. The molecular formula is C10H18N4O2. The van der Waals surface area contributed by atoms with Crippen molar-refractivity contribution < 1.29 is 9.47 Å². The molecular weight excluding hydrogens is 208 g/mol. The molecule has 0 atom stereocenters. The summed E-state index contributed by atoms with van der Waals surface area (Å²) in [6, 6.07) is 1.77. The standard InChI is InChI=1S/C10H18N4O2/c11-2-6-15-8-9-16-7-5-14-10-12-3-1-4-13-10/h1,3-4H,2,5-9,11H2,(H,12,13,14). The Hall–Kier alpha value is -1.24. The largest absolute Gasteiger partial charge is 0.378 e. The first-order valence-corrected chi connectivity index (χ1v) is 5.30. The third kappa shape index (κ3) is 6.28. The van der Waals surface area contributed by atoms with Crippen LogP contribution in [0.1, 0.15) is 0 Å². The predicted octanol–water partition coefficient (Wildman–Crippen LogP) is -0.120. The molecule has 90 valence electrons. The van der Waals surface area contributed by atoms with Gasteiger partial charge in [0.25, 0.3) is 0 Å². The van der Waals surface area contributed by atoms with E-state index in [9.17, 15) is 0 Å². The second kappa shape index (κ2) is 9.02. The minimum absolute atomic E-state index is 0.549. The molecule has 0 aliphatic heterocycles. The van der Waals surface area contributed by atoms with Crippen LogP contribution in [0, 0.1) is 0 Å². The van der Waals surface area contributed by atoms with Crippen LogP contribution >= 0.6 is 0 Å². The number of anilines is 1. The van der Waals surface area contributed by atoms with E-state index in [1.807, 2.05) is 0 Å². The molecule has 6 nitrogen and oxygen atoms in total. The number of ether oxygens (including phenoxy) is 2. The van der Waals surface area contributed by atoms with E-state index in [2.05, 4.69) is 15.3 Å². The fourth-order valence-electron chi connectivity index (χ4n) is 1.03. The van der Waals surface area contributed by atoms with E-state index in [1.54, 1.807) is 18.5 Å². The van der Waals surface area contributed by atoms with Gasteiger partial charge in [0.1, 0.15) is 0 Å². The molecule has 0 fully saturated rings. The molecule has 6 heteroatoms. The van der Waals surface area contributed by atoms with Crippen LogP contribution in [0.4, 0.5) is 5.95 Å². The summed E-state index contributed by atoms with van der Waals surface area (Å²) in [6.45, 7) is 3.58. The number of hydrogen-bond acceptors (Lipinski definition) is 6. The number of hydrogen-bond donors (Lipinski definition) is 2. The molecule has 1 aromatic rings. The Morgan fingerprint density at radius 1 is 1.06 bits per heavy atom. The third-order valence-electron chi connectivity index (χ3n) is 1.73. The van der Waals surface area contributed by atoms with Gasteiger partial charge in [0.2, 0.25) is 5.95 Å². The van der Waals surface area contributed by atoms with Gasteiger partial charge in [-0.05, 0) is 6.07 Å². The van der Waals surface area contributed by atoms with Crippen molar-refractivity contribution >= 4 is 5.95 Å². The highest BCUT2D eigenvalue weighted by Gasteiger charge is 1.92. The first-order valence-electron chi connectivity index (χ1n) is 5.30. The number of nitrogens with two attached hydrogens (primary N) is 1. The fourth-order valence-corrected chi connectivity index (χ4v) is 1.03. The monoisotopic (exact) mass is 226 g/mol. The maximum atomic E-state index is 5.32. The summed E-state index contributed by atoms with van der Waals surface area (Å²) >= 11 is 0. The van der Waals surface area contributed by atoms with Crippen LogP contribution < -0.4 is 11.1 Å². The lowest BCUT2D eigenvalue weighted by atomic mass is 10.6. The fraction of sp³-hybridized carbons (Fsp3) is 0.600. The zero-order chi connectivity index (χ0) is 11.5. The molecule has 0 saturated heterocycles. The minimum atomic E-state index is 0.549. The van der Waals surface area contributed by atoms with Crippen molar-refractivity contribution in [3.63, 3.8) is 0 Å². The zero-order valence-corrected chi connectivity index (χ0v) is 9.26. The van der Waals surface area contributed by atoms with Crippen LogP contribution in [-0.2, 0) is 9.47 Å². The number of nitrogens with zero attached hydrogens (tertiary/aromatic N) is 2. The topological polar surface area (TPSA) is 82.3 Å². The summed E-state index contributed by atoms with van der Waals surface area (Å²) in [5.41, 5.74) is 5.27. The lowest BCUT2D eigenvalue weighted by Gasteiger charge is -2.06. The van der Waals surface area contributed by atoms with Crippen molar-refractivity contribution in [2.24, 2.45) is 5.73 Å². The van der Waals surface area contributed by atoms with Gasteiger partial charge in [-0.1, -0.05) is 0 Å². The van der Waals surface area contributed by atoms with Gasteiger partial charge in [0.05, 0.1) is 26.4 Å². The minimum Gasteiger partial charge on any atom is -0.378 e. The Kier molecular flexibility index (Phi) is 7.23. The van der Waals surface area contributed by atoms with Gasteiger partial charge in [-0.2, -0.15) is 0 Å². The summed E-state index contributed by atoms with van der Waals surface area (Å²) in [5, 5.41) is 3.04. The first kappa shape index (κ1) is 12.8. The molecule has 3 N–H and O–H groups in total. The maximum absolute atomic E-state index is 5.32. The molecule has 0 spiro atoms. The van der Waals surface area contributed by atoms with Gasteiger partial charge in [-0.3, -0.25) is 0 Å². The Labute approximate surface area is 95.2 Å². The molecule has 0 aliphatic carbocycles. The SMILES string of the molecule is NCCOCCOCCNc1ncccn1. The summed E-state index contributed by atoms with van der Waals surface area (Å²) in [6.07, 6.45) is 3.38.